The van der Waals surface area contributed by atoms with Crippen LogP contribution in [0.1, 0.15) is 6.92 Å². The van der Waals surface area contributed by atoms with Crippen LogP contribution in [0.2, 0.25) is 0 Å². The topological polar surface area (TPSA) is 63.6 Å². The Labute approximate surface area is 132 Å². The number of rotatable bonds is 9. The number of ether oxygens (including phenoxy) is 1. The lowest BCUT2D eigenvalue weighted by molar-refractivity contribution is 0.125. The average molecular weight is 322 g/mol. The summed E-state index contributed by atoms with van der Waals surface area (Å²) in [5.74, 6) is 0.100. The fourth-order valence-electron chi connectivity index (χ4n) is 1.76. The normalized spacial score (nSPS) is 14.0. The molecule has 4 nitrogen and oxygen atoms in total. The number of aliphatic hydroxyl groups excluding tert-OH is 1. The van der Waals surface area contributed by atoms with Crippen LogP contribution in [0.5, 0.6) is 5.75 Å². The van der Waals surface area contributed by atoms with E-state index in [1.807, 2.05) is 13.0 Å². The molecular weight excluding hydrogens is 300 g/mol. The molecule has 1 rings (SSSR count). The van der Waals surface area contributed by atoms with Crippen LogP contribution in [-0.2, 0) is 9.84 Å². The lowest BCUT2D eigenvalue weighted by Gasteiger charge is -2.13. The number of sulfone groups is 1. The molecule has 0 spiro atoms. The lowest BCUT2D eigenvalue weighted by Crippen LogP contribution is -2.28. The van der Waals surface area contributed by atoms with Crippen molar-refractivity contribution in [2.45, 2.75) is 13.0 Å². The first-order valence-electron chi connectivity index (χ1n) is 6.97. The van der Waals surface area contributed by atoms with E-state index in [2.05, 4.69) is 6.58 Å². The molecule has 0 saturated carbocycles. The Morgan fingerprint density at radius 2 is 2.05 bits per heavy atom. The predicted octanol–water partition coefficient (Wildman–Crippen LogP) is 2.53. The lowest BCUT2D eigenvalue weighted by atomic mass is 10.3. The van der Waals surface area contributed by atoms with Crippen molar-refractivity contribution in [3.63, 3.8) is 0 Å². The van der Waals surface area contributed by atoms with E-state index in [4.69, 9.17) is 4.74 Å². The summed E-state index contributed by atoms with van der Waals surface area (Å²) in [5, 5.41) is 9.84. The smallest absolute Gasteiger partial charge is 0.157 e. The SMILES string of the molecule is C=C/C(=C\C=C/C)CS(=O)(=O)C[C@H](O)COc1ccccc1. The quantitative estimate of drug-likeness (QED) is 0.710. The molecule has 0 saturated heterocycles. The zero-order valence-electron chi connectivity index (χ0n) is 12.7. The molecule has 0 heterocycles. The Balaban J connectivity index is 2.54. The van der Waals surface area contributed by atoms with E-state index in [1.54, 1.807) is 42.5 Å². The Hall–Kier alpha value is -1.85. The van der Waals surface area contributed by atoms with E-state index in [9.17, 15) is 13.5 Å². The Morgan fingerprint density at radius 3 is 2.64 bits per heavy atom. The van der Waals surface area contributed by atoms with Gasteiger partial charge in [0, 0.05) is 0 Å². The van der Waals surface area contributed by atoms with Crippen molar-refractivity contribution in [3.8, 4) is 5.75 Å². The number of aliphatic hydroxyl groups is 1. The zero-order valence-corrected chi connectivity index (χ0v) is 13.5. The minimum absolute atomic E-state index is 0.0642. The second kappa shape index (κ2) is 9.23. The minimum atomic E-state index is -3.43. The Morgan fingerprint density at radius 1 is 1.36 bits per heavy atom. The summed E-state index contributed by atoms with van der Waals surface area (Å²) in [5.41, 5.74) is 0.592. The first-order valence-corrected chi connectivity index (χ1v) is 8.79. The van der Waals surface area contributed by atoms with E-state index in [0.29, 0.717) is 11.3 Å². The van der Waals surface area contributed by atoms with Crippen LogP contribution in [-0.4, -0.2) is 37.7 Å². The number of hydrogen-bond acceptors (Lipinski definition) is 4. The molecule has 1 aromatic rings. The number of hydrogen-bond donors (Lipinski definition) is 1. The molecule has 0 aromatic heterocycles. The van der Waals surface area contributed by atoms with Crippen LogP contribution in [0.4, 0.5) is 0 Å². The van der Waals surface area contributed by atoms with E-state index < -0.39 is 15.9 Å². The summed E-state index contributed by atoms with van der Waals surface area (Å²) >= 11 is 0. The highest BCUT2D eigenvalue weighted by Crippen LogP contribution is 2.10. The first-order chi connectivity index (χ1) is 10.5. The Kier molecular flexibility index (Phi) is 7.63. The standard InChI is InChI=1S/C17H22O4S/c1-3-5-9-15(4-2)13-22(19,20)14-16(18)12-21-17-10-7-6-8-11-17/h3-11,16,18H,2,12-14H2,1H3/b5-3-,15-9+/t16-/m1/s1. The van der Waals surface area contributed by atoms with Gasteiger partial charge in [-0.2, -0.15) is 0 Å². The summed E-state index contributed by atoms with van der Waals surface area (Å²) < 4.78 is 29.5. The molecular formula is C17H22O4S. The van der Waals surface area contributed by atoms with Crippen LogP contribution in [0.25, 0.3) is 0 Å². The van der Waals surface area contributed by atoms with E-state index in [-0.39, 0.29) is 18.1 Å². The van der Waals surface area contributed by atoms with Crippen molar-refractivity contribution < 1.29 is 18.3 Å². The monoisotopic (exact) mass is 322 g/mol. The molecule has 1 aromatic carbocycles. The van der Waals surface area contributed by atoms with Crippen molar-refractivity contribution in [2.24, 2.45) is 0 Å². The van der Waals surface area contributed by atoms with Crippen molar-refractivity contribution in [3.05, 3.63) is 66.8 Å². The fourth-order valence-corrected chi connectivity index (χ4v) is 3.28. The van der Waals surface area contributed by atoms with Gasteiger partial charge in [-0.1, -0.05) is 49.1 Å². The highest BCUT2D eigenvalue weighted by atomic mass is 32.2. The number of benzene rings is 1. The highest BCUT2D eigenvalue weighted by molar-refractivity contribution is 7.91. The molecule has 0 aliphatic carbocycles. The van der Waals surface area contributed by atoms with Gasteiger partial charge in [0.05, 0.1) is 11.5 Å². The van der Waals surface area contributed by atoms with Gasteiger partial charge in [0.25, 0.3) is 0 Å². The summed E-state index contributed by atoms with van der Waals surface area (Å²) in [4.78, 5) is 0. The largest absolute Gasteiger partial charge is 0.491 e. The molecule has 5 heteroatoms. The number of allylic oxidation sites excluding steroid dienone is 4. The molecule has 1 N–H and O–H groups in total. The van der Waals surface area contributed by atoms with Crippen LogP contribution in [0.15, 0.2) is 66.8 Å². The molecule has 1 atom stereocenters. The Bertz CT molecular complexity index is 615. The van der Waals surface area contributed by atoms with Crippen LogP contribution >= 0.6 is 0 Å². The van der Waals surface area contributed by atoms with Gasteiger partial charge >= 0.3 is 0 Å². The van der Waals surface area contributed by atoms with E-state index in [1.165, 1.54) is 6.08 Å². The molecule has 0 aliphatic heterocycles. The molecule has 0 bridgehead atoms. The summed E-state index contributed by atoms with van der Waals surface area (Å²) in [6.07, 6.45) is 5.68. The molecule has 0 radical (unpaired) electrons. The molecule has 0 amide bonds. The maximum atomic E-state index is 12.1. The maximum Gasteiger partial charge on any atom is 0.157 e. The second-order valence-corrected chi connectivity index (χ2v) is 6.91. The van der Waals surface area contributed by atoms with Gasteiger partial charge in [0.15, 0.2) is 9.84 Å². The van der Waals surface area contributed by atoms with E-state index in [0.717, 1.165) is 0 Å². The van der Waals surface area contributed by atoms with Gasteiger partial charge in [-0.05, 0) is 24.6 Å². The predicted molar refractivity (Wildman–Crippen MR) is 89.7 cm³/mol. The van der Waals surface area contributed by atoms with Crippen LogP contribution < -0.4 is 4.74 Å². The van der Waals surface area contributed by atoms with Gasteiger partial charge in [-0.3, -0.25) is 0 Å². The molecule has 0 fully saturated rings. The third-order valence-electron chi connectivity index (χ3n) is 2.78. The van der Waals surface area contributed by atoms with Crippen molar-refractivity contribution in [1.29, 1.82) is 0 Å². The molecule has 0 unspecified atom stereocenters. The first kappa shape index (κ1) is 18.2. The minimum Gasteiger partial charge on any atom is -0.491 e. The molecule has 120 valence electrons. The van der Waals surface area contributed by atoms with Gasteiger partial charge in [0.2, 0.25) is 0 Å². The number of para-hydroxylation sites is 1. The maximum absolute atomic E-state index is 12.1. The highest BCUT2D eigenvalue weighted by Gasteiger charge is 2.18. The van der Waals surface area contributed by atoms with E-state index >= 15 is 0 Å². The van der Waals surface area contributed by atoms with Crippen molar-refractivity contribution in [2.75, 3.05) is 18.1 Å². The van der Waals surface area contributed by atoms with Crippen molar-refractivity contribution in [1.82, 2.24) is 0 Å². The van der Waals surface area contributed by atoms with Gasteiger partial charge in [-0.15, -0.1) is 0 Å². The average Bonchev–Trinajstić information content (AvgIpc) is 2.50. The molecule has 22 heavy (non-hydrogen) atoms. The summed E-state index contributed by atoms with van der Waals surface area (Å²) in [6, 6.07) is 8.96. The summed E-state index contributed by atoms with van der Waals surface area (Å²) in [6.45, 7) is 5.38. The molecule has 0 aliphatic rings. The third-order valence-corrected chi connectivity index (χ3v) is 4.45. The van der Waals surface area contributed by atoms with Crippen LogP contribution in [0.3, 0.4) is 0 Å². The summed E-state index contributed by atoms with van der Waals surface area (Å²) in [7, 11) is -3.43. The van der Waals surface area contributed by atoms with Gasteiger partial charge in [-0.25, -0.2) is 8.42 Å². The van der Waals surface area contributed by atoms with Gasteiger partial charge in [0.1, 0.15) is 18.5 Å². The second-order valence-electron chi connectivity index (χ2n) is 4.80. The van der Waals surface area contributed by atoms with Crippen molar-refractivity contribution >= 4 is 9.84 Å². The van der Waals surface area contributed by atoms with Gasteiger partial charge < -0.3 is 9.84 Å². The van der Waals surface area contributed by atoms with Crippen LogP contribution in [0, 0.1) is 0 Å². The zero-order chi connectivity index (χ0) is 16.4. The third kappa shape index (κ3) is 7.24. The fraction of sp³-hybridized carbons (Fsp3) is 0.294.